The van der Waals surface area contributed by atoms with Gasteiger partial charge in [-0.1, -0.05) is 81.8 Å². The third kappa shape index (κ3) is 5.50. The maximum atomic E-state index is 14.0. The predicted octanol–water partition coefficient (Wildman–Crippen LogP) is 9.38. The van der Waals surface area contributed by atoms with Gasteiger partial charge in [0.2, 0.25) is 0 Å². The molecule has 0 spiro atoms. The lowest BCUT2D eigenvalue weighted by molar-refractivity contribution is 0.442. The molecule has 2 fully saturated rings. The van der Waals surface area contributed by atoms with E-state index in [0.29, 0.717) is 17.4 Å². The van der Waals surface area contributed by atoms with Crippen LogP contribution >= 0.6 is 0 Å². The molecule has 0 aromatic heterocycles. The van der Waals surface area contributed by atoms with Crippen molar-refractivity contribution in [2.75, 3.05) is 0 Å². The van der Waals surface area contributed by atoms with E-state index in [1.165, 1.54) is 80.6 Å². The maximum Gasteiger partial charge on any atom is 0.194 e. The van der Waals surface area contributed by atoms with Crippen LogP contribution in [0, 0.1) is 17.5 Å². The van der Waals surface area contributed by atoms with Gasteiger partial charge in [-0.15, -0.1) is 0 Å². The third-order valence-corrected chi connectivity index (χ3v) is 10.8. The molecule has 0 unspecified atom stereocenters. The second kappa shape index (κ2) is 11.0. The number of halogens is 3. The van der Waals surface area contributed by atoms with Gasteiger partial charge >= 0.3 is 0 Å². The molecule has 32 heavy (non-hydrogen) atoms. The first-order valence-electron chi connectivity index (χ1n) is 12.7. The van der Waals surface area contributed by atoms with Gasteiger partial charge in [0.15, 0.2) is 17.5 Å². The van der Waals surface area contributed by atoms with Crippen LogP contribution in [0.25, 0.3) is 11.1 Å². The predicted molar refractivity (Wildman–Crippen MR) is 129 cm³/mol. The highest BCUT2D eigenvalue weighted by molar-refractivity contribution is 6.59. The van der Waals surface area contributed by atoms with Crippen LogP contribution in [-0.2, 0) is 0 Å². The number of hydrogen-bond donors (Lipinski definition) is 0. The van der Waals surface area contributed by atoms with E-state index in [9.17, 15) is 13.2 Å². The molecule has 0 atom stereocenters. The summed E-state index contributed by atoms with van der Waals surface area (Å²) in [5.74, 6) is -2.57. The Balaban J connectivity index is 1.58. The van der Waals surface area contributed by atoms with E-state index in [2.05, 4.69) is 19.1 Å². The zero-order valence-corrected chi connectivity index (χ0v) is 20.4. The number of hydrogen-bond acceptors (Lipinski definition) is 0. The summed E-state index contributed by atoms with van der Waals surface area (Å²) in [6, 6.07) is 13.2. The largest absolute Gasteiger partial charge is 0.204 e. The van der Waals surface area contributed by atoms with Gasteiger partial charge in [-0.05, 0) is 71.9 Å². The SMILES string of the molecule is CCCCC[Si]1CCC(c2ccc(-c3cc(F)c(F)c(F)c3)c(C3CCCCC3)c2)CC1. The van der Waals surface area contributed by atoms with Crippen LogP contribution in [0.3, 0.4) is 0 Å². The van der Waals surface area contributed by atoms with Crippen molar-refractivity contribution < 1.29 is 13.2 Å². The summed E-state index contributed by atoms with van der Waals surface area (Å²) in [4.78, 5) is 0. The van der Waals surface area contributed by atoms with Crippen molar-refractivity contribution in [2.45, 2.75) is 101 Å². The summed E-state index contributed by atoms with van der Waals surface area (Å²) in [6.45, 7) is 2.27. The van der Waals surface area contributed by atoms with Crippen molar-refractivity contribution in [2.24, 2.45) is 0 Å². The van der Waals surface area contributed by atoms with E-state index in [1.54, 1.807) is 0 Å². The fraction of sp³-hybridized carbons (Fsp3) is 0.571. The van der Waals surface area contributed by atoms with Gasteiger partial charge in [0, 0.05) is 8.80 Å². The summed E-state index contributed by atoms with van der Waals surface area (Å²) in [7, 11) is -0.173. The molecule has 4 heteroatoms. The molecule has 0 amide bonds. The zero-order valence-electron chi connectivity index (χ0n) is 19.4. The molecule has 1 saturated carbocycles. The number of unbranched alkanes of at least 4 members (excludes halogenated alkanes) is 2. The molecule has 0 nitrogen and oxygen atoms in total. The normalized spacial score (nSPS) is 18.9. The molecule has 0 bridgehead atoms. The van der Waals surface area contributed by atoms with Crippen LogP contribution in [0.2, 0.25) is 18.1 Å². The Labute approximate surface area is 193 Å². The fourth-order valence-corrected chi connectivity index (χ4v) is 8.81. The number of benzene rings is 2. The van der Waals surface area contributed by atoms with Crippen LogP contribution in [0.15, 0.2) is 30.3 Å². The van der Waals surface area contributed by atoms with Crippen molar-refractivity contribution in [3.8, 4) is 11.1 Å². The van der Waals surface area contributed by atoms with Crippen molar-refractivity contribution in [3.05, 3.63) is 58.9 Å². The quantitative estimate of drug-likeness (QED) is 0.221. The highest BCUT2D eigenvalue weighted by Crippen LogP contribution is 2.42. The minimum Gasteiger partial charge on any atom is -0.204 e. The number of rotatable bonds is 7. The van der Waals surface area contributed by atoms with E-state index >= 15 is 0 Å². The molecule has 1 heterocycles. The van der Waals surface area contributed by atoms with Crippen LogP contribution in [0.5, 0.6) is 0 Å². The second-order valence-electron chi connectivity index (χ2n) is 9.92. The molecular formula is C28H36F3Si. The highest BCUT2D eigenvalue weighted by atomic mass is 28.3. The Morgan fingerprint density at radius 2 is 1.50 bits per heavy atom. The molecule has 1 radical (unpaired) electrons. The average Bonchev–Trinajstić information content (AvgIpc) is 2.83. The summed E-state index contributed by atoms with van der Waals surface area (Å²) < 4.78 is 41.6. The highest BCUT2D eigenvalue weighted by Gasteiger charge is 2.26. The molecule has 2 aliphatic rings. The molecular weight excluding hydrogens is 421 g/mol. The Kier molecular flexibility index (Phi) is 8.15. The molecule has 1 aliphatic carbocycles. The van der Waals surface area contributed by atoms with Gasteiger partial charge in [-0.2, -0.15) is 0 Å². The van der Waals surface area contributed by atoms with E-state index in [-0.39, 0.29) is 8.80 Å². The van der Waals surface area contributed by atoms with E-state index in [1.807, 2.05) is 6.07 Å². The monoisotopic (exact) mass is 457 g/mol. The van der Waals surface area contributed by atoms with Gasteiger partial charge in [0.1, 0.15) is 0 Å². The van der Waals surface area contributed by atoms with Crippen molar-refractivity contribution in [1.29, 1.82) is 0 Å². The minimum absolute atomic E-state index is 0.173. The smallest absolute Gasteiger partial charge is 0.194 e. The van der Waals surface area contributed by atoms with Gasteiger partial charge in [-0.25, -0.2) is 13.2 Å². The van der Waals surface area contributed by atoms with Gasteiger partial charge in [0.05, 0.1) is 0 Å². The third-order valence-electron chi connectivity index (χ3n) is 7.71. The summed E-state index contributed by atoms with van der Waals surface area (Å²) in [5.41, 5.74) is 3.94. The lowest BCUT2D eigenvalue weighted by atomic mass is 9.78. The molecule has 2 aromatic rings. The standard InChI is InChI=1S/C28H36F3Si/c1-2-3-7-14-32-15-12-20(13-16-32)22-10-11-24(23-18-26(29)28(31)27(30)19-23)25(17-22)21-8-5-4-6-9-21/h10-11,17-21H,2-9,12-16H2,1H3. The first-order chi connectivity index (χ1) is 15.6. The van der Waals surface area contributed by atoms with Crippen LogP contribution < -0.4 is 0 Å². The van der Waals surface area contributed by atoms with Crippen molar-refractivity contribution >= 4 is 8.80 Å². The molecule has 0 N–H and O–H groups in total. The zero-order chi connectivity index (χ0) is 22.5. The Bertz CT molecular complexity index is 873. The summed E-state index contributed by atoms with van der Waals surface area (Å²) in [5, 5.41) is 0. The van der Waals surface area contributed by atoms with Crippen LogP contribution in [0.4, 0.5) is 13.2 Å². The van der Waals surface area contributed by atoms with Crippen molar-refractivity contribution in [3.63, 3.8) is 0 Å². The lowest BCUT2D eigenvalue weighted by Crippen LogP contribution is -2.20. The van der Waals surface area contributed by atoms with Crippen LogP contribution in [0.1, 0.15) is 94.1 Å². The first kappa shape index (κ1) is 23.6. The topological polar surface area (TPSA) is 0 Å². The molecule has 4 rings (SSSR count). The molecule has 173 valence electrons. The van der Waals surface area contributed by atoms with Gasteiger partial charge in [0.25, 0.3) is 0 Å². The average molecular weight is 458 g/mol. The van der Waals surface area contributed by atoms with E-state index < -0.39 is 17.5 Å². The van der Waals surface area contributed by atoms with Gasteiger partial charge in [-0.3, -0.25) is 0 Å². The van der Waals surface area contributed by atoms with E-state index in [0.717, 1.165) is 30.5 Å². The molecule has 2 aromatic carbocycles. The maximum absolute atomic E-state index is 14.0. The lowest BCUT2D eigenvalue weighted by Gasteiger charge is -2.30. The minimum atomic E-state index is -1.39. The Morgan fingerprint density at radius 3 is 2.16 bits per heavy atom. The Hall–Kier alpha value is -1.55. The first-order valence-corrected chi connectivity index (χ1v) is 14.8. The fourth-order valence-electron chi connectivity index (χ4n) is 5.79. The molecule has 1 aliphatic heterocycles. The summed E-state index contributed by atoms with van der Waals surface area (Å²) >= 11 is 0. The van der Waals surface area contributed by atoms with Gasteiger partial charge < -0.3 is 0 Å². The second-order valence-corrected chi connectivity index (χ2v) is 12.9. The van der Waals surface area contributed by atoms with Crippen molar-refractivity contribution in [1.82, 2.24) is 0 Å². The molecule has 1 saturated heterocycles. The van der Waals surface area contributed by atoms with Crippen LogP contribution in [-0.4, -0.2) is 8.80 Å². The van der Waals surface area contributed by atoms with E-state index in [4.69, 9.17) is 0 Å². The summed E-state index contributed by atoms with van der Waals surface area (Å²) in [6.07, 6.45) is 12.5. The Morgan fingerprint density at radius 1 is 0.812 bits per heavy atom.